The highest BCUT2D eigenvalue weighted by atomic mass is 79.9. The Bertz CT molecular complexity index is 573. The Kier molecular flexibility index (Phi) is 5.27. The van der Waals surface area contributed by atoms with Gasteiger partial charge in [0.1, 0.15) is 17.7 Å². The summed E-state index contributed by atoms with van der Waals surface area (Å²) in [5.74, 6) is -2.98. The van der Waals surface area contributed by atoms with Crippen molar-refractivity contribution in [3.05, 3.63) is 28.2 Å². The van der Waals surface area contributed by atoms with Gasteiger partial charge in [0.2, 0.25) is 0 Å². The molecule has 5 nitrogen and oxygen atoms in total. The van der Waals surface area contributed by atoms with Crippen LogP contribution >= 0.6 is 15.9 Å². The molecule has 0 radical (unpaired) electrons. The fourth-order valence-corrected chi connectivity index (χ4v) is 1.90. The van der Waals surface area contributed by atoms with Gasteiger partial charge < -0.3 is 15.7 Å². The van der Waals surface area contributed by atoms with Gasteiger partial charge in [-0.25, -0.2) is 18.4 Å². The van der Waals surface area contributed by atoms with E-state index in [2.05, 4.69) is 26.6 Å². The number of halogens is 3. The molecule has 1 aromatic carbocycles. The summed E-state index contributed by atoms with van der Waals surface area (Å²) in [5, 5.41) is 13.5. The Morgan fingerprint density at radius 3 is 2.29 bits per heavy atom. The molecule has 0 bridgehead atoms. The average molecular weight is 365 g/mol. The second kappa shape index (κ2) is 6.38. The maximum Gasteiger partial charge on any atom is 0.326 e. The molecular formula is C13H15BrF2N2O3. The summed E-state index contributed by atoms with van der Waals surface area (Å²) >= 11 is 2.87. The molecule has 116 valence electrons. The lowest BCUT2D eigenvalue weighted by atomic mass is 9.87. The van der Waals surface area contributed by atoms with Gasteiger partial charge in [0.05, 0.1) is 10.2 Å². The van der Waals surface area contributed by atoms with Crippen LogP contribution in [0, 0.1) is 17.0 Å². The second-order valence-electron chi connectivity index (χ2n) is 5.48. The number of amides is 2. The van der Waals surface area contributed by atoms with Gasteiger partial charge in [-0.2, -0.15) is 0 Å². The Labute approximate surface area is 128 Å². The number of nitrogens with one attached hydrogen (secondary N) is 2. The van der Waals surface area contributed by atoms with Gasteiger partial charge in [-0.1, -0.05) is 20.8 Å². The first kappa shape index (κ1) is 17.4. The van der Waals surface area contributed by atoms with E-state index in [9.17, 15) is 18.4 Å². The maximum absolute atomic E-state index is 13.5. The largest absolute Gasteiger partial charge is 0.480 e. The van der Waals surface area contributed by atoms with Gasteiger partial charge >= 0.3 is 12.0 Å². The predicted molar refractivity (Wildman–Crippen MR) is 77.1 cm³/mol. The van der Waals surface area contributed by atoms with Crippen molar-refractivity contribution in [2.45, 2.75) is 26.8 Å². The SMILES string of the molecule is CC(C)(C)[C@H](NC(=O)Nc1cc(Br)c(F)cc1F)C(=O)O. The number of rotatable bonds is 3. The first-order valence-corrected chi connectivity index (χ1v) is 6.76. The van der Waals surface area contributed by atoms with Gasteiger partial charge in [0, 0.05) is 6.07 Å². The van der Waals surface area contributed by atoms with Crippen LogP contribution in [-0.4, -0.2) is 23.1 Å². The van der Waals surface area contributed by atoms with Crippen molar-refractivity contribution in [2.75, 3.05) is 5.32 Å². The van der Waals surface area contributed by atoms with Crippen LogP contribution in [-0.2, 0) is 4.79 Å². The molecule has 0 fully saturated rings. The van der Waals surface area contributed by atoms with Gasteiger partial charge in [-0.3, -0.25) is 0 Å². The number of carboxylic acid groups (broad SMARTS) is 1. The van der Waals surface area contributed by atoms with Crippen molar-refractivity contribution in [1.29, 1.82) is 0 Å². The van der Waals surface area contributed by atoms with Crippen LogP contribution in [0.2, 0.25) is 0 Å². The van der Waals surface area contributed by atoms with Gasteiger partial charge in [-0.15, -0.1) is 0 Å². The molecule has 0 aliphatic heterocycles. The van der Waals surface area contributed by atoms with E-state index in [0.29, 0.717) is 6.07 Å². The molecule has 0 unspecified atom stereocenters. The number of benzene rings is 1. The van der Waals surface area contributed by atoms with Crippen molar-refractivity contribution in [2.24, 2.45) is 5.41 Å². The quantitative estimate of drug-likeness (QED) is 0.719. The molecule has 1 rings (SSSR count). The number of hydrogen-bond donors (Lipinski definition) is 3. The van der Waals surface area contributed by atoms with E-state index in [1.165, 1.54) is 0 Å². The number of urea groups is 1. The van der Waals surface area contributed by atoms with Crippen LogP contribution in [0.25, 0.3) is 0 Å². The molecule has 0 saturated heterocycles. The minimum atomic E-state index is -1.21. The molecule has 0 saturated carbocycles. The zero-order valence-electron chi connectivity index (χ0n) is 11.6. The third-order valence-electron chi connectivity index (χ3n) is 2.65. The van der Waals surface area contributed by atoms with E-state index in [-0.39, 0.29) is 10.2 Å². The van der Waals surface area contributed by atoms with E-state index in [4.69, 9.17) is 5.11 Å². The van der Waals surface area contributed by atoms with E-state index in [1.54, 1.807) is 20.8 Å². The summed E-state index contributed by atoms with van der Waals surface area (Å²) in [6.45, 7) is 4.92. The number of carboxylic acids is 1. The molecule has 8 heteroatoms. The van der Waals surface area contributed by atoms with Crippen LogP contribution in [0.1, 0.15) is 20.8 Å². The zero-order valence-corrected chi connectivity index (χ0v) is 13.2. The van der Waals surface area contributed by atoms with Crippen molar-refractivity contribution in [1.82, 2.24) is 5.32 Å². The summed E-state index contributed by atoms with van der Waals surface area (Å²) in [7, 11) is 0. The molecule has 1 atom stereocenters. The Morgan fingerprint density at radius 1 is 1.24 bits per heavy atom. The fraction of sp³-hybridized carbons (Fsp3) is 0.385. The maximum atomic E-state index is 13.5. The molecule has 0 aliphatic carbocycles. The van der Waals surface area contributed by atoms with Crippen molar-refractivity contribution >= 4 is 33.6 Å². The van der Waals surface area contributed by atoms with E-state index >= 15 is 0 Å². The Morgan fingerprint density at radius 2 is 1.81 bits per heavy atom. The first-order valence-electron chi connectivity index (χ1n) is 5.97. The lowest BCUT2D eigenvalue weighted by Crippen LogP contribution is -2.50. The number of carbonyl (C=O) groups is 2. The van der Waals surface area contributed by atoms with Crippen LogP contribution in [0.3, 0.4) is 0 Å². The van der Waals surface area contributed by atoms with E-state index in [1.807, 2.05) is 0 Å². The lowest BCUT2D eigenvalue weighted by molar-refractivity contribution is -0.141. The summed E-state index contributed by atoms with van der Waals surface area (Å²) in [5.41, 5.74) is -0.996. The number of anilines is 1. The lowest BCUT2D eigenvalue weighted by Gasteiger charge is -2.27. The number of aliphatic carboxylic acids is 1. The minimum absolute atomic E-state index is 0.0233. The van der Waals surface area contributed by atoms with Crippen LogP contribution in [0.15, 0.2) is 16.6 Å². The highest BCUT2D eigenvalue weighted by molar-refractivity contribution is 9.10. The van der Waals surface area contributed by atoms with Crippen molar-refractivity contribution in [3.63, 3.8) is 0 Å². The van der Waals surface area contributed by atoms with Gasteiger partial charge in [0.25, 0.3) is 0 Å². The molecular weight excluding hydrogens is 350 g/mol. The topological polar surface area (TPSA) is 78.4 Å². The first-order chi connectivity index (χ1) is 9.52. The predicted octanol–water partition coefficient (Wildman–Crippen LogP) is 3.35. The summed E-state index contributed by atoms with van der Waals surface area (Å²) in [6, 6.07) is -0.394. The Hall–Kier alpha value is -1.70. The Balaban J connectivity index is 2.87. The van der Waals surface area contributed by atoms with Crippen molar-refractivity contribution < 1.29 is 23.5 Å². The van der Waals surface area contributed by atoms with Crippen molar-refractivity contribution in [3.8, 4) is 0 Å². The second-order valence-corrected chi connectivity index (χ2v) is 6.34. The minimum Gasteiger partial charge on any atom is -0.480 e. The molecule has 3 N–H and O–H groups in total. The standard InChI is InChI=1S/C13H15BrF2N2O3/c1-13(2,3)10(11(19)20)18-12(21)17-9-4-6(14)7(15)5-8(9)16/h4-5,10H,1-3H3,(H,19,20)(H2,17,18,21)/t10-/m1/s1. The molecule has 0 aliphatic rings. The van der Waals surface area contributed by atoms with Crippen LogP contribution in [0.5, 0.6) is 0 Å². The molecule has 1 aromatic rings. The molecule has 21 heavy (non-hydrogen) atoms. The monoisotopic (exact) mass is 364 g/mol. The highest BCUT2D eigenvalue weighted by Crippen LogP contribution is 2.24. The number of hydrogen-bond acceptors (Lipinski definition) is 2. The fourth-order valence-electron chi connectivity index (χ4n) is 1.56. The molecule has 0 aromatic heterocycles. The third-order valence-corrected chi connectivity index (χ3v) is 3.25. The summed E-state index contributed by atoms with van der Waals surface area (Å²) in [4.78, 5) is 22.9. The summed E-state index contributed by atoms with van der Waals surface area (Å²) in [6.07, 6.45) is 0. The summed E-state index contributed by atoms with van der Waals surface area (Å²) < 4.78 is 26.6. The van der Waals surface area contributed by atoms with Gasteiger partial charge in [0.15, 0.2) is 0 Å². The van der Waals surface area contributed by atoms with Crippen LogP contribution in [0.4, 0.5) is 19.3 Å². The van der Waals surface area contributed by atoms with Crippen LogP contribution < -0.4 is 10.6 Å². The smallest absolute Gasteiger partial charge is 0.326 e. The normalized spacial score (nSPS) is 12.7. The van der Waals surface area contributed by atoms with E-state index < -0.39 is 35.1 Å². The average Bonchev–Trinajstić information content (AvgIpc) is 2.31. The third kappa shape index (κ3) is 4.66. The molecule has 0 spiro atoms. The highest BCUT2D eigenvalue weighted by Gasteiger charge is 2.32. The zero-order chi connectivity index (χ0) is 16.4. The number of carbonyl (C=O) groups excluding carboxylic acids is 1. The van der Waals surface area contributed by atoms with Gasteiger partial charge in [-0.05, 0) is 27.4 Å². The molecule has 2 amide bonds. The molecule has 0 heterocycles. The van der Waals surface area contributed by atoms with E-state index in [0.717, 1.165) is 6.07 Å².